The molecular formula is C56H87NO16. The predicted molar refractivity (Wildman–Crippen MR) is 271 cm³/mol. The number of ketones is 3. The van der Waals surface area contributed by atoms with Crippen LogP contribution in [0.1, 0.15) is 132 Å². The first-order valence-electron chi connectivity index (χ1n) is 26.4. The number of carbonyl (C=O) groups excluding carboxylic acids is 6. The summed E-state index contributed by atoms with van der Waals surface area (Å²) in [4.78, 5) is 85.4. The topological polar surface area (TPSA) is 242 Å². The first kappa shape index (κ1) is 61.6. The Morgan fingerprint density at radius 1 is 0.863 bits per heavy atom. The second kappa shape index (κ2) is 28.3. The molecule has 17 nitrogen and oxygen atoms in total. The molecule has 1 amide bonds. The molecule has 73 heavy (non-hydrogen) atoms. The third-order valence-corrected chi connectivity index (χ3v) is 15.9. The van der Waals surface area contributed by atoms with Crippen molar-refractivity contribution in [2.75, 3.05) is 41.1 Å². The molecular weight excluding hydrogens is 943 g/mol. The normalized spacial score (nSPS) is 36.3. The Balaban J connectivity index is 1.69. The van der Waals surface area contributed by atoms with Gasteiger partial charge in [0.2, 0.25) is 5.79 Å². The van der Waals surface area contributed by atoms with Crippen LogP contribution in [0.2, 0.25) is 0 Å². The molecule has 4 rings (SSSR count). The second-order valence-corrected chi connectivity index (χ2v) is 21.8. The Labute approximate surface area is 433 Å². The maximum Gasteiger partial charge on any atom is 0.329 e. The van der Waals surface area contributed by atoms with E-state index in [1.807, 2.05) is 51.2 Å². The van der Waals surface area contributed by atoms with Crippen LogP contribution in [0.3, 0.4) is 0 Å². The fraction of sp³-hybridized carbons (Fsp3) is 0.750. The minimum absolute atomic E-state index is 0.00697. The Hall–Kier alpha value is -3.94. The van der Waals surface area contributed by atoms with Crippen LogP contribution < -0.4 is 0 Å². The number of amides is 1. The van der Waals surface area contributed by atoms with Gasteiger partial charge in [-0.2, -0.15) is 0 Å². The molecule has 17 heteroatoms. The number of nitrogens with zero attached hydrogens (tertiary/aromatic N) is 1. The zero-order chi connectivity index (χ0) is 54.4. The maximum absolute atomic E-state index is 14.5. The number of aliphatic hydroxyl groups excluding tert-OH is 3. The molecule has 3 heterocycles. The summed E-state index contributed by atoms with van der Waals surface area (Å²) in [5.41, 5.74) is -0.277. The number of Topliss-reactive ketones (excluding diaryl/α,β-unsaturated/α-hetero) is 3. The van der Waals surface area contributed by atoms with E-state index in [9.17, 15) is 49.2 Å². The first-order chi connectivity index (χ1) is 34.5. The number of esters is 2. The van der Waals surface area contributed by atoms with Crippen molar-refractivity contribution >= 4 is 35.2 Å². The number of fused-ring (bicyclic) bond motifs is 3. The molecule has 4 aliphatic rings. The van der Waals surface area contributed by atoms with Gasteiger partial charge < -0.3 is 53.7 Å². The molecule has 3 aliphatic heterocycles. The molecule has 0 aromatic heterocycles. The van der Waals surface area contributed by atoms with Gasteiger partial charge in [-0.05, 0) is 114 Å². The molecule has 412 valence electrons. The molecule has 3 fully saturated rings. The fourth-order valence-corrected chi connectivity index (χ4v) is 10.7. The van der Waals surface area contributed by atoms with E-state index in [1.165, 1.54) is 21.1 Å². The Kier molecular flexibility index (Phi) is 23.9. The fourth-order valence-electron chi connectivity index (χ4n) is 10.7. The van der Waals surface area contributed by atoms with Crippen molar-refractivity contribution in [2.24, 2.45) is 40.9 Å². The van der Waals surface area contributed by atoms with Crippen molar-refractivity contribution < 1.29 is 77.6 Å². The summed E-state index contributed by atoms with van der Waals surface area (Å²) in [6, 6.07) is -1.20. The largest absolute Gasteiger partial charge is 0.460 e. The monoisotopic (exact) mass is 1030 g/mol. The van der Waals surface area contributed by atoms with Crippen molar-refractivity contribution in [2.45, 2.75) is 187 Å². The van der Waals surface area contributed by atoms with Crippen LogP contribution in [0, 0.1) is 40.9 Å². The second-order valence-electron chi connectivity index (χ2n) is 21.8. The molecule has 0 spiro atoms. The van der Waals surface area contributed by atoms with Gasteiger partial charge in [0.1, 0.15) is 41.7 Å². The standard InChI is InChI=1S/C56H87NO16/c1-33-17-13-12-14-18-34(2)45(68-9)29-41-22-20-39(7)56(67,73-41)51(63)52(64)57-24-16-15-19-42(57)53(65)71-46(30-43(60)35(3)26-38(6)49(62)50(70-11)48(61)37(5)25-33)36(4)27-40-21-23-44(47(28-40)69-10)72-54(66)55(8,31-58)32-59/h12-14,17-18,26,33,35-37,39-42,44-47,49-50,58-59,62,67H,15-16,19-25,27-32H2,1-11H3/b14-12?,17-13+,34-18?,38-26+/t33?,35-,36-,37-,39-,40+,41?,42+,44-,45?,46+,47-,49-,50+,56-/m1/s1. The van der Waals surface area contributed by atoms with E-state index in [2.05, 4.69) is 0 Å². The van der Waals surface area contributed by atoms with Gasteiger partial charge in [-0.15, -0.1) is 0 Å². The van der Waals surface area contributed by atoms with Crippen LogP contribution in [-0.4, -0.2) is 156 Å². The van der Waals surface area contributed by atoms with Crippen molar-refractivity contribution in [3.05, 3.63) is 47.6 Å². The number of hydrogen-bond donors (Lipinski definition) is 4. The number of hydrogen-bond acceptors (Lipinski definition) is 16. The van der Waals surface area contributed by atoms with Crippen LogP contribution in [0.5, 0.6) is 0 Å². The molecule has 2 saturated heterocycles. The van der Waals surface area contributed by atoms with Crippen molar-refractivity contribution in [1.29, 1.82) is 0 Å². The summed E-state index contributed by atoms with van der Waals surface area (Å²) in [5, 5.41) is 43.1. The van der Waals surface area contributed by atoms with Gasteiger partial charge >= 0.3 is 11.9 Å². The van der Waals surface area contributed by atoms with Gasteiger partial charge in [0, 0.05) is 58.5 Å². The highest BCUT2D eigenvalue weighted by atomic mass is 16.6. The minimum Gasteiger partial charge on any atom is -0.460 e. The number of piperidine rings is 1. The average Bonchev–Trinajstić information content (AvgIpc) is 3.37. The molecule has 0 aromatic rings. The van der Waals surface area contributed by atoms with E-state index in [1.54, 1.807) is 40.9 Å². The highest BCUT2D eigenvalue weighted by molar-refractivity contribution is 6.39. The number of cyclic esters (lactones) is 1. The number of aliphatic hydroxyl groups is 4. The SMILES string of the molecule is COC1CC2CC[C@@H](C)[C@@](O)(O2)C(=O)C(=O)N2CCCC[C@H]2C(=O)O[C@H]([C@H](C)C[C@@H]2CC[C@@H](OC(=O)C(C)(CO)CO)[C@H](OC)C2)CC(=O)[C@H](C)/C=C(\C)[C@@H](O)[C@@H](OC)C(=O)[C@H](C)CC(C)/C=C/C=CC=C1C. The van der Waals surface area contributed by atoms with Gasteiger partial charge in [-0.3, -0.25) is 24.0 Å². The summed E-state index contributed by atoms with van der Waals surface area (Å²) in [6.45, 7) is 12.7. The van der Waals surface area contributed by atoms with E-state index >= 15 is 0 Å². The van der Waals surface area contributed by atoms with Gasteiger partial charge in [0.15, 0.2) is 5.78 Å². The summed E-state index contributed by atoms with van der Waals surface area (Å²) in [5.74, 6) is -9.36. The Morgan fingerprint density at radius 2 is 1.56 bits per heavy atom. The summed E-state index contributed by atoms with van der Waals surface area (Å²) < 4.78 is 35.4. The van der Waals surface area contributed by atoms with Crippen LogP contribution in [0.15, 0.2) is 47.6 Å². The lowest BCUT2D eigenvalue weighted by atomic mass is 9.78. The molecule has 2 bridgehead atoms. The van der Waals surface area contributed by atoms with E-state index in [-0.39, 0.29) is 42.8 Å². The number of ether oxygens (including phenoxy) is 6. The lowest BCUT2D eigenvalue weighted by Crippen LogP contribution is -2.61. The molecule has 1 aliphatic carbocycles. The van der Waals surface area contributed by atoms with Crippen molar-refractivity contribution in [3.8, 4) is 0 Å². The smallest absolute Gasteiger partial charge is 0.329 e. The average molecular weight is 1030 g/mol. The van der Waals surface area contributed by atoms with Crippen LogP contribution >= 0.6 is 0 Å². The number of allylic oxidation sites excluding steroid dienone is 6. The van der Waals surface area contributed by atoms with E-state index in [4.69, 9.17) is 28.4 Å². The highest BCUT2D eigenvalue weighted by Gasteiger charge is 2.53. The molecule has 1 saturated carbocycles. The van der Waals surface area contributed by atoms with Crippen LogP contribution in [0.25, 0.3) is 0 Å². The lowest BCUT2D eigenvalue weighted by molar-refractivity contribution is -0.265. The third kappa shape index (κ3) is 16.0. The van der Waals surface area contributed by atoms with Gasteiger partial charge in [-0.1, -0.05) is 71.1 Å². The Morgan fingerprint density at radius 3 is 2.21 bits per heavy atom. The van der Waals surface area contributed by atoms with E-state index in [0.29, 0.717) is 69.8 Å². The molecule has 0 radical (unpaired) electrons. The molecule has 15 atom stereocenters. The maximum atomic E-state index is 14.5. The van der Waals surface area contributed by atoms with Crippen LogP contribution in [0.4, 0.5) is 0 Å². The minimum atomic E-state index is -2.47. The van der Waals surface area contributed by atoms with E-state index < -0.39 is 120 Å². The molecule has 4 N–H and O–H groups in total. The molecule has 0 aromatic carbocycles. The zero-order valence-corrected chi connectivity index (χ0v) is 45.3. The summed E-state index contributed by atoms with van der Waals surface area (Å²) in [7, 11) is 4.43. The predicted octanol–water partition coefficient (Wildman–Crippen LogP) is 5.72. The number of carbonyl (C=O) groups is 6. The number of rotatable bonds is 10. The van der Waals surface area contributed by atoms with Crippen LogP contribution in [-0.2, 0) is 57.2 Å². The first-order valence-corrected chi connectivity index (χ1v) is 26.4. The van der Waals surface area contributed by atoms with Gasteiger partial charge in [0.05, 0.1) is 31.5 Å². The zero-order valence-electron chi connectivity index (χ0n) is 45.3. The Bertz CT molecular complexity index is 2010. The highest BCUT2D eigenvalue weighted by Crippen LogP contribution is 2.38. The van der Waals surface area contributed by atoms with Crippen molar-refractivity contribution in [1.82, 2.24) is 4.90 Å². The summed E-state index contributed by atoms with van der Waals surface area (Å²) >= 11 is 0. The van der Waals surface area contributed by atoms with Gasteiger partial charge in [-0.25, -0.2) is 4.79 Å². The quantitative estimate of drug-likeness (QED) is 0.116. The van der Waals surface area contributed by atoms with E-state index in [0.717, 1.165) is 10.5 Å². The third-order valence-electron chi connectivity index (χ3n) is 15.9. The van der Waals surface area contributed by atoms with Crippen molar-refractivity contribution in [3.63, 3.8) is 0 Å². The number of methoxy groups -OCH3 is 3. The molecule has 3 unspecified atom stereocenters. The van der Waals surface area contributed by atoms with Gasteiger partial charge in [0.25, 0.3) is 11.7 Å². The summed E-state index contributed by atoms with van der Waals surface area (Å²) in [6.07, 6.45) is 9.76. The lowest BCUT2D eigenvalue weighted by Gasteiger charge is -2.42.